The van der Waals surface area contributed by atoms with E-state index in [0.717, 1.165) is 37.5 Å². The average molecular weight is 473 g/mol. The third-order valence-electron chi connectivity index (χ3n) is 6.18. The van der Waals surface area contributed by atoms with Gasteiger partial charge in [-0.1, -0.05) is 118 Å². The minimum Gasteiger partial charge on any atom is -0.480 e. The highest BCUT2D eigenvalue weighted by atomic mass is 16.5. The van der Waals surface area contributed by atoms with Crippen molar-refractivity contribution in [2.45, 2.75) is 143 Å². The third-order valence-corrected chi connectivity index (χ3v) is 6.18. The van der Waals surface area contributed by atoms with E-state index in [1.807, 2.05) is 0 Å². The van der Waals surface area contributed by atoms with Gasteiger partial charge in [0, 0.05) is 0 Å². The van der Waals surface area contributed by atoms with Crippen LogP contribution in [-0.4, -0.2) is 48.2 Å². The van der Waals surface area contributed by atoms with Crippen molar-refractivity contribution in [3.8, 4) is 0 Å². The minimum atomic E-state index is -0.959. The molecule has 2 N–H and O–H groups in total. The number of carboxylic acids is 1. The number of rotatable bonds is 25. The standard InChI is InChI=1S/C28H56O5/c1-24(2)17-13-9-5-7-11-15-19-26(29)21-33-27(22-32-23-28(30)31)20-16-12-8-6-10-14-18-25(3)4/h24-27,29H,5-23H2,1-4H3,(H,30,31). The highest BCUT2D eigenvalue weighted by Gasteiger charge is 2.13. The summed E-state index contributed by atoms with van der Waals surface area (Å²) in [6.45, 7) is 9.41. The highest BCUT2D eigenvalue weighted by molar-refractivity contribution is 5.67. The lowest BCUT2D eigenvalue weighted by Crippen LogP contribution is -2.26. The SMILES string of the molecule is CC(C)CCCCCCCCC(O)COC(CCCCCCCCC(C)C)COCC(=O)O. The summed E-state index contributed by atoms with van der Waals surface area (Å²) in [6, 6.07) is 0. The van der Waals surface area contributed by atoms with Crippen LogP contribution >= 0.6 is 0 Å². The molecule has 0 saturated carbocycles. The van der Waals surface area contributed by atoms with Gasteiger partial charge in [-0.3, -0.25) is 0 Å². The molecule has 0 aromatic carbocycles. The lowest BCUT2D eigenvalue weighted by molar-refractivity contribution is -0.144. The summed E-state index contributed by atoms with van der Waals surface area (Å²) in [5, 5.41) is 19.1. The van der Waals surface area contributed by atoms with Gasteiger partial charge < -0.3 is 19.7 Å². The molecule has 0 aliphatic carbocycles. The fourth-order valence-corrected chi connectivity index (χ4v) is 4.09. The summed E-state index contributed by atoms with van der Waals surface area (Å²) in [7, 11) is 0. The summed E-state index contributed by atoms with van der Waals surface area (Å²) < 4.78 is 11.2. The number of aliphatic hydroxyl groups is 1. The van der Waals surface area contributed by atoms with Gasteiger partial charge in [0.05, 0.1) is 25.4 Å². The van der Waals surface area contributed by atoms with Gasteiger partial charge in [0.15, 0.2) is 0 Å². The molecule has 33 heavy (non-hydrogen) atoms. The van der Waals surface area contributed by atoms with E-state index in [2.05, 4.69) is 27.7 Å². The maximum Gasteiger partial charge on any atom is 0.329 e. The molecule has 0 spiro atoms. The molecule has 0 fully saturated rings. The molecule has 0 rings (SSSR count). The Hall–Kier alpha value is -0.650. The van der Waals surface area contributed by atoms with Crippen LogP contribution in [0.2, 0.25) is 0 Å². The fraction of sp³-hybridized carbons (Fsp3) is 0.964. The van der Waals surface area contributed by atoms with Crippen LogP contribution < -0.4 is 0 Å². The Morgan fingerprint density at radius 1 is 0.636 bits per heavy atom. The molecular weight excluding hydrogens is 416 g/mol. The Balaban J connectivity index is 3.91. The first-order chi connectivity index (χ1) is 15.8. The maximum absolute atomic E-state index is 10.7. The summed E-state index contributed by atoms with van der Waals surface area (Å²) in [6.07, 6.45) is 18.4. The largest absolute Gasteiger partial charge is 0.480 e. The van der Waals surface area contributed by atoms with Crippen molar-refractivity contribution >= 4 is 5.97 Å². The van der Waals surface area contributed by atoms with Gasteiger partial charge in [0.1, 0.15) is 6.61 Å². The van der Waals surface area contributed by atoms with Crippen LogP contribution in [0.1, 0.15) is 130 Å². The molecule has 0 bridgehead atoms. The van der Waals surface area contributed by atoms with Crippen LogP contribution in [0.3, 0.4) is 0 Å². The molecule has 0 aliphatic rings. The number of aliphatic hydroxyl groups excluding tert-OH is 1. The molecule has 2 atom stereocenters. The Bertz CT molecular complexity index is 425. The molecule has 0 amide bonds. The zero-order valence-electron chi connectivity index (χ0n) is 22.4. The molecule has 0 radical (unpaired) electrons. The predicted octanol–water partition coefficient (Wildman–Crippen LogP) is 7.39. The first kappa shape index (κ1) is 32.4. The number of hydrogen-bond acceptors (Lipinski definition) is 4. The number of carbonyl (C=O) groups is 1. The average Bonchev–Trinajstić information content (AvgIpc) is 2.74. The van der Waals surface area contributed by atoms with Gasteiger partial charge in [-0.2, -0.15) is 0 Å². The molecule has 0 aromatic heterocycles. The van der Waals surface area contributed by atoms with Crippen molar-refractivity contribution in [2.75, 3.05) is 19.8 Å². The van der Waals surface area contributed by atoms with Gasteiger partial charge in [0.25, 0.3) is 0 Å². The third kappa shape index (κ3) is 25.8. The first-order valence-corrected chi connectivity index (χ1v) is 13.9. The summed E-state index contributed by atoms with van der Waals surface area (Å²) in [4.78, 5) is 10.7. The van der Waals surface area contributed by atoms with E-state index >= 15 is 0 Å². The van der Waals surface area contributed by atoms with Crippen LogP contribution in [-0.2, 0) is 14.3 Å². The second-order valence-corrected chi connectivity index (χ2v) is 10.7. The Morgan fingerprint density at radius 2 is 1.06 bits per heavy atom. The first-order valence-electron chi connectivity index (χ1n) is 13.9. The van der Waals surface area contributed by atoms with E-state index in [4.69, 9.17) is 14.6 Å². The molecule has 198 valence electrons. The van der Waals surface area contributed by atoms with Crippen LogP contribution in [0, 0.1) is 11.8 Å². The van der Waals surface area contributed by atoms with Crippen molar-refractivity contribution in [1.82, 2.24) is 0 Å². The van der Waals surface area contributed by atoms with Crippen LogP contribution in [0.25, 0.3) is 0 Å². The van der Waals surface area contributed by atoms with E-state index in [9.17, 15) is 9.90 Å². The normalized spacial score (nSPS) is 13.7. The predicted molar refractivity (Wildman–Crippen MR) is 138 cm³/mol. The number of aliphatic carboxylic acids is 1. The van der Waals surface area contributed by atoms with E-state index in [1.54, 1.807) is 0 Å². The molecule has 2 unspecified atom stereocenters. The Labute approximate surface area is 205 Å². The smallest absolute Gasteiger partial charge is 0.329 e. The highest BCUT2D eigenvalue weighted by Crippen LogP contribution is 2.15. The molecule has 0 aromatic rings. The van der Waals surface area contributed by atoms with Gasteiger partial charge in [-0.15, -0.1) is 0 Å². The minimum absolute atomic E-state index is 0.138. The van der Waals surface area contributed by atoms with Gasteiger partial charge in [-0.05, 0) is 24.7 Å². The number of unbranched alkanes of at least 4 members (excludes halogenated alkanes) is 10. The van der Waals surface area contributed by atoms with Crippen LogP contribution in [0.5, 0.6) is 0 Å². The van der Waals surface area contributed by atoms with E-state index in [0.29, 0.717) is 6.61 Å². The molecule has 5 nitrogen and oxygen atoms in total. The van der Waals surface area contributed by atoms with Crippen LogP contribution in [0.15, 0.2) is 0 Å². The van der Waals surface area contributed by atoms with Gasteiger partial charge >= 0.3 is 5.97 Å². The topological polar surface area (TPSA) is 76.0 Å². The second-order valence-electron chi connectivity index (χ2n) is 10.7. The summed E-state index contributed by atoms with van der Waals surface area (Å²) >= 11 is 0. The molecule has 0 heterocycles. The van der Waals surface area contributed by atoms with Crippen molar-refractivity contribution < 1.29 is 24.5 Å². The summed E-state index contributed by atoms with van der Waals surface area (Å²) in [5.41, 5.74) is 0. The lowest BCUT2D eigenvalue weighted by atomic mass is 10.0. The van der Waals surface area contributed by atoms with E-state index in [-0.39, 0.29) is 19.3 Å². The summed E-state index contributed by atoms with van der Waals surface area (Å²) in [5.74, 6) is 0.640. The second kappa shape index (κ2) is 23.1. The van der Waals surface area contributed by atoms with Gasteiger partial charge in [-0.25, -0.2) is 4.79 Å². The van der Waals surface area contributed by atoms with Gasteiger partial charge in [0.2, 0.25) is 0 Å². The van der Waals surface area contributed by atoms with Crippen molar-refractivity contribution in [3.63, 3.8) is 0 Å². The lowest BCUT2D eigenvalue weighted by Gasteiger charge is -2.20. The molecule has 0 aliphatic heterocycles. The number of ether oxygens (including phenoxy) is 2. The van der Waals surface area contributed by atoms with Crippen molar-refractivity contribution in [2.24, 2.45) is 11.8 Å². The molecule has 5 heteroatoms. The molecule has 0 saturated heterocycles. The van der Waals surface area contributed by atoms with Crippen LogP contribution in [0.4, 0.5) is 0 Å². The quantitative estimate of drug-likeness (QED) is 0.135. The Morgan fingerprint density at radius 3 is 1.52 bits per heavy atom. The molecular formula is C28H56O5. The van der Waals surface area contributed by atoms with E-state index < -0.39 is 12.1 Å². The number of hydrogen-bond donors (Lipinski definition) is 2. The zero-order valence-corrected chi connectivity index (χ0v) is 22.4. The fourth-order valence-electron chi connectivity index (χ4n) is 4.09. The van der Waals surface area contributed by atoms with Crippen molar-refractivity contribution in [1.29, 1.82) is 0 Å². The number of carboxylic acid groups (broad SMARTS) is 1. The van der Waals surface area contributed by atoms with Crippen molar-refractivity contribution in [3.05, 3.63) is 0 Å². The Kier molecular flexibility index (Phi) is 22.7. The zero-order chi connectivity index (χ0) is 24.7. The monoisotopic (exact) mass is 472 g/mol. The van der Waals surface area contributed by atoms with E-state index in [1.165, 1.54) is 77.0 Å². The maximum atomic E-state index is 10.7.